The van der Waals surface area contributed by atoms with E-state index in [2.05, 4.69) is 30.5 Å². The molecular formula is C26H28N3NaO5S. The van der Waals surface area contributed by atoms with Crippen LogP contribution in [0.2, 0.25) is 0 Å². The minimum atomic E-state index is -3.38. The first-order valence-electron chi connectivity index (χ1n) is 10.9. The Bertz CT molecular complexity index is 1670. The molecule has 0 spiro atoms. The van der Waals surface area contributed by atoms with Crippen molar-refractivity contribution in [2.75, 3.05) is 18.1 Å². The molecule has 0 saturated heterocycles. The standard InChI is InChI=1S/C26H27N3O5S.Na.H/c1-26(2,3)22-15-20(29-11-10-23(30)27-25(29)31)14-21(24(22)34-4)18-7-6-17-13-19(28-35(5,32)33)9-8-16(17)12-18;;/h6-15,28H,1-5H3,(H,27,30,31);;/q;+1;-1. The molecule has 0 radical (unpaired) electrons. The van der Waals surface area contributed by atoms with Crippen LogP contribution in [0.3, 0.4) is 0 Å². The third-order valence-corrected chi connectivity index (χ3v) is 6.25. The monoisotopic (exact) mass is 517 g/mol. The Labute approximate surface area is 233 Å². The van der Waals surface area contributed by atoms with Crippen molar-refractivity contribution < 1.29 is 44.1 Å². The SMILES string of the molecule is COc1c(-c2ccc3cc(NS(C)(=O)=O)ccc3c2)cc(-n2ccc(=O)[nH]c2=O)cc1C(C)(C)C.[H-].[Na+]. The zero-order valence-electron chi connectivity index (χ0n) is 22.2. The zero-order valence-corrected chi connectivity index (χ0v) is 24.0. The van der Waals surface area contributed by atoms with Gasteiger partial charge in [0.15, 0.2) is 0 Å². The van der Waals surface area contributed by atoms with E-state index < -0.39 is 21.3 Å². The van der Waals surface area contributed by atoms with Crippen LogP contribution < -0.4 is 50.3 Å². The Morgan fingerprint density at radius 1 is 0.972 bits per heavy atom. The van der Waals surface area contributed by atoms with Crippen molar-refractivity contribution in [2.45, 2.75) is 26.2 Å². The van der Waals surface area contributed by atoms with Gasteiger partial charge < -0.3 is 6.16 Å². The summed E-state index contributed by atoms with van der Waals surface area (Å²) in [4.78, 5) is 26.4. The second-order valence-electron chi connectivity index (χ2n) is 9.46. The summed E-state index contributed by atoms with van der Waals surface area (Å²) in [7, 11) is -1.76. The molecule has 10 heteroatoms. The maximum Gasteiger partial charge on any atom is 1.00 e. The number of methoxy groups -OCH3 is 1. The fraction of sp³-hybridized carbons (Fsp3) is 0.231. The Morgan fingerprint density at radius 3 is 2.25 bits per heavy atom. The van der Waals surface area contributed by atoms with Crippen molar-refractivity contribution in [2.24, 2.45) is 0 Å². The summed E-state index contributed by atoms with van der Waals surface area (Å²) in [5.74, 6) is 0.688. The van der Waals surface area contributed by atoms with Gasteiger partial charge in [-0.2, -0.15) is 0 Å². The first-order chi connectivity index (χ1) is 16.4. The number of H-pyrrole nitrogens is 1. The molecule has 8 nitrogen and oxygen atoms in total. The van der Waals surface area contributed by atoms with Crippen LogP contribution in [-0.2, 0) is 15.4 Å². The van der Waals surface area contributed by atoms with E-state index in [-0.39, 0.29) is 36.4 Å². The van der Waals surface area contributed by atoms with Crippen LogP contribution in [0.5, 0.6) is 5.75 Å². The second kappa shape index (κ2) is 10.3. The van der Waals surface area contributed by atoms with E-state index in [0.717, 1.165) is 33.7 Å². The second-order valence-corrected chi connectivity index (χ2v) is 11.2. The van der Waals surface area contributed by atoms with Crippen molar-refractivity contribution in [3.05, 3.63) is 87.2 Å². The van der Waals surface area contributed by atoms with Crippen molar-refractivity contribution >= 4 is 26.5 Å². The molecule has 0 unspecified atom stereocenters. The minimum absolute atomic E-state index is 0. The molecule has 0 aliphatic carbocycles. The van der Waals surface area contributed by atoms with Gasteiger partial charge >= 0.3 is 35.2 Å². The van der Waals surface area contributed by atoms with Crippen LogP contribution in [0.4, 0.5) is 5.69 Å². The summed E-state index contributed by atoms with van der Waals surface area (Å²) < 4.78 is 32.9. The molecule has 184 valence electrons. The summed E-state index contributed by atoms with van der Waals surface area (Å²) in [6, 6.07) is 16.2. The topological polar surface area (TPSA) is 110 Å². The van der Waals surface area contributed by atoms with Crippen LogP contribution in [0.15, 0.2) is 70.4 Å². The number of fused-ring (bicyclic) bond motifs is 1. The van der Waals surface area contributed by atoms with Gasteiger partial charge in [-0.05, 0) is 52.1 Å². The van der Waals surface area contributed by atoms with Gasteiger partial charge in [-0.3, -0.25) is 19.1 Å². The maximum atomic E-state index is 12.5. The van der Waals surface area contributed by atoms with E-state index >= 15 is 0 Å². The number of aromatic nitrogens is 2. The van der Waals surface area contributed by atoms with Crippen LogP contribution in [0, 0.1) is 0 Å². The Morgan fingerprint density at radius 2 is 1.64 bits per heavy atom. The Balaban J connectivity index is 0.00000241. The molecule has 0 amide bonds. The minimum Gasteiger partial charge on any atom is -1.00 e. The third-order valence-electron chi connectivity index (χ3n) is 5.64. The van der Waals surface area contributed by atoms with Gasteiger partial charge in [0.25, 0.3) is 5.56 Å². The van der Waals surface area contributed by atoms with Gasteiger partial charge in [-0.15, -0.1) is 0 Å². The molecule has 0 fully saturated rings. The normalized spacial score (nSPS) is 11.7. The third kappa shape index (κ3) is 5.92. The number of benzene rings is 3. The summed E-state index contributed by atoms with van der Waals surface area (Å²) >= 11 is 0. The van der Waals surface area contributed by atoms with Gasteiger partial charge in [0.1, 0.15) is 5.75 Å². The number of nitrogens with one attached hydrogen (secondary N) is 2. The quantitative estimate of drug-likeness (QED) is 0.386. The molecule has 0 aliphatic heterocycles. The van der Waals surface area contributed by atoms with Gasteiger partial charge in [0, 0.05) is 29.1 Å². The van der Waals surface area contributed by atoms with Gasteiger partial charge in [0.05, 0.1) is 19.1 Å². The van der Waals surface area contributed by atoms with E-state index in [0.29, 0.717) is 17.1 Å². The van der Waals surface area contributed by atoms with Gasteiger partial charge in [-0.1, -0.05) is 39.0 Å². The molecule has 0 atom stereocenters. The summed E-state index contributed by atoms with van der Waals surface area (Å²) in [6.45, 7) is 6.18. The molecule has 2 N–H and O–H groups in total. The smallest absolute Gasteiger partial charge is 1.00 e. The number of hydrogen-bond donors (Lipinski definition) is 2. The molecule has 3 aromatic carbocycles. The number of nitrogens with zero attached hydrogens (tertiary/aromatic N) is 1. The average molecular weight is 518 g/mol. The molecular weight excluding hydrogens is 489 g/mol. The fourth-order valence-electron chi connectivity index (χ4n) is 4.06. The maximum absolute atomic E-state index is 12.5. The van der Waals surface area contributed by atoms with Crippen molar-refractivity contribution in [1.82, 2.24) is 9.55 Å². The van der Waals surface area contributed by atoms with E-state index in [9.17, 15) is 18.0 Å². The van der Waals surface area contributed by atoms with Gasteiger partial charge in [-0.25, -0.2) is 13.2 Å². The number of anilines is 1. The Kier molecular flexibility index (Phi) is 7.90. The fourth-order valence-corrected chi connectivity index (χ4v) is 4.61. The van der Waals surface area contributed by atoms with Crippen LogP contribution >= 0.6 is 0 Å². The number of sulfonamides is 1. The Hall–Kier alpha value is -2.85. The zero-order chi connectivity index (χ0) is 25.5. The molecule has 0 bridgehead atoms. The molecule has 0 saturated carbocycles. The molecule has 4 aromatic rings. The molecule has 4 rings (SSSR count). The number of rotatable bonds is 5. The van der Waals surface area contributed by atoms with Crippen molar-refractivity contribution in [3.63, 3.8) is 0 Å². The van der Waals surface area contributed by atoms with Crippen molar-refractivity contribution in [1.29, 1.82) is 0 Å². The van der Waals surface area contributed by atoms with Crippen LogP contribution in [0.25, 0.3) is 27.6 Å². The first-order valence-corrected chi connectivity index (χ1v) is 12.8. The number of ether oxygens (including phenoxy) is 1. The van der Waals surface area contributed by atoms with Crippen molar-refractivity contribution in [3.8, 4) is 22.6 Å². The van der Waals surface area contributed by atoms with E-state index in [1.165, 1.54) is 16.8 Å². The van der Waals surface area contributed by atoms with E-state index in [1.807, 2.05) is 36.4 Å². The van der Waals surface area contributed by atoms with Crippen LogP contribution in [-0.4, -0.2) is 31.3 Å². The predicted octanol–water partition coefficient (Wildman–Crippen LogP) is 1.14. The molecule has 1 heterocycles. The summed E-state index contributed by atoms with van der Waals surface area (Å²) in [5, 5.41) is 1.78. The molecule has 36 heavy (non-hydrogen) atoms. The number of hydrogen-bond acceptors (Lipinski definition) is 5. The summed E-state index contributed by atoms with van der Waals surface area (Å²) in [5.41, 5.74) is 2.34. The first kappa shape index (κ1) is 27.7. The predicted molar refractivity (Wildman–Crippen MR) is 140 cm³/mol. The average Bonchev–Trinajstić information content (AvgIpc) is 2.76. The van der Waals surface area contributed by atoms with Gasteiger partial charge in [0.2, 0.25) is 10.0 Å². The van der Waals surface area contributed by atoms with E-state index in [1.54, 1.807) is 19.2 Å². The molecule has 1 aromatic heterocycles. The van der Waals surface area contributed by atoms with Crippen LogP contribution in [0.1, 0.15) is 27.8 Å². The van der Waals surface area contributed by atoms with E-state index in [4.69, 9.17) is 4.74 Å². The molecule has 0 aliphatic rings. The summed E-state index contributed by atoms with van der Waals surface area (Å²) in [6.07, 6.45) is 2.57. The number of aromatic amines is 1. The largest absolute Gasteiger partial charge is 1.00 e.